The third-order valence-corrected chi connectivity index (χ3v) is 4.97. The molecule has 0 saturated heterocycles. The number of nitrogens with zero attached hydrogens (tertiary/aromatic N) is 1. The van der Waals surface area contributed by atoms with Crippen LogP contribution in [0.2, 0.25) is 0 Å². The van der Waals surface area contributed by atoms with Gasteiger partial charge in [-0.3, -0.25) is 10.1 Å². The number of anilines is 1. The number of nitro groups is 1. The number of methoxy groups -OCH3 is 1. The minimum atomic E-state index is -0.643. The van der Waals surface area contributed by atoms with Crippen LogP contribution >= 0.6 is 11.8 Å². The minimum Gasteiger partial charge on any atom is -0.490 e. The van der Waals surface area contributed by atoms with Crippen molar-refractivity contribution in [3.8, 4) is 5.75 Å². The first-order chi connectivity index (χ1) is 10.0. The fourth-order valence-electron chi connectivity index (χ4n) is 2.62. The van der Waals surface area contributed by atoms with E-state index in [0.717, 1.165) is 31.7 Å². The zero-order valence-electron chi connectivity index (χ0n) is 12.1. The number of nitro benzene ring substituents is 1. The number of ether oxygens (including phenoxy) is 1. The quantitative estimate of drug-likeness (QED) is 0.661. The van der Waals surface area contributed by atoms with Gasteiger partial charge in [0.05, 0.1) is 23.8 Å². The number of thioether (sulfide) groups is 1. The smallest absolute Gasteiger partial charge is 0.313 e. The van der Waals surface area contributed by atoms with Crippen molar-refractivity contribution in [3.05, 3.63) is 28.1 Å². The summed E-state index contributed by atoms with van der Waals surface area (Å²) in [6, 6.07) is 2.48. The molecule has 0 atom stereocenters. The highest BCUT2D eigenvalue weighted by Gasteiger charge is 2.23. The van der Waals surface area contributed by atoms with Crippen LogP contribution in [0.4, 0.5) is 15.8 Å². The third-order valence-electron chi connectivity index (χ3n) is 3.83. The minimum absolute atomic E-state index is 0.0710. The highest BCUT2D eigenvalue weighted by atomic mass is 32.2. The van der Waals surface area contributed by atoms with Crippen molar-refractivity contribution in [3.63, 3.8) is 0 Å². The van der Waals surface area contributed by atoms with Gasteiger partial charge in [-0.25, -0.2) is 4.39 Å². The van der Waals surface area contributed by atoms with Crippen molar-refractivity contribution >= 4 is 23.1 Å². The van der Waals surface area contributed by atoms with Crippen molar-refractivity contribution in [2.45, 2.75) is 37.0 Å². The van der Waals surface area contributed by atoms with Crippen LogP contribution in [0.15, 0.2) is 12.1 Å². The summed E-state index contributed by atoms with van der Waals surface area (Å²) in [6.45, 7) is 0. The Kier molecular flexibility index (Phi) is 5.27. The molecule has 5 nitrogen and oxygen atoms in total. The predicted octanol–water partition coefficient (Wildman–Crippen LogP) is 3.83. The lowest BCUT2D eigenvalue weighted by atomic mass is 9.94. The van der Waals surface area contributed by atoms with E-state index in [1.807, 2.05) is 11.8 Å². The molecule has 0 radical (unpaired) electrons. The molecule has 1 aromatic carbocycles. The lowest BCUT2D eigenvalue weighted by Gasteiger charge is -2.29. The molecule has 1 aromatic rings. The van der Waals surface area contributed by atoms with Gasteiger partial charge in [0.25, 0.3) is 0 Å². The van der Waals surface area contributed by atoms with E-state index in [1.54, 1.807) is 0 Å². The molecule has 116 valence electrons. The van der Waals surface area contributed by atoms with Crippen molar-refractivity contribution in [1.29, 1.82) is 0 Å². The lowest BCUT2D eigenvalue weighted by Crippen LogP contribution is -2.27. The highest BCUT2D eigenvalue weighted by molar-refractivity contribution is 7.99. The lowest BCUT2D eigenvalue weighted by molar-refractivity contribution is -0.385. The van der Waals surface area contributed by atoms with Gasteiger partial charge >= 0.3 is 5.69 Å². The monoisotopic (exact) mass is 314 g/mol. The maximum absolute atomic E-state index is 14.0. The van der Waals surface area contributed by atoms with Gasteiger partial charge in [0.15, 0.2) is 11.6 Å². The van der Waals surface area contributed by atoms with Crippen molar-refractivity contribution in [1.82, 2.24) is 0 Å². The normalized spacial score (nSPS) is 21.9. The van der Waals surface area contributed by atoms with Gasteiger partial charge in [-0.1, -0.05) is 0 Å². The second-order valence-corrected chi connectivity index (χ2v) is 6.25. The van der Waals surface area contributed by atoms with Gasteiger partial charge in [-0.2, -0.15) is 11.8 Å². The molecule has 1 fully saturated rings. The molecule has 0 unspecified atom stereocenters. The standard InChI is InChI=1S/C14H19FN2O3S/c1-20-14-8-12(11(15)7-13(14)17(18)19)16-9-3-5-10(21-2)6-4-9/h7-10,16H,3-6H2,1-2H3. The fraction of sp³-hybridized carbons (Fsp3) is 0.571. The van der Waals surface area contributed by atoms with Crippen LogP contribution in [-0.2, 0) is 0 Å². The van der Waals surface area contributed by atoms with Crippen LogP contribution in [0.5, 0.6) is 5.75 Å². The summed E-state index contributed by atoms with van der Waals surface area (Å²) in [7, 11) is 1.34. The second kappa shape index (κ2) is 6.98. The summed E-state index contributed by atoms with van der Waals surface area (Å²) >= 11 is 1.87. The highest BCUT2D eigenvalue weighted by Crippen LogP contribution is 2.34. The van der Waals surface area contributed by atoms with Gasteiger partial charge in [0, 0.05) is 17.4 Å². The zero-order chi connectivity index (χ0) is 15.4. The molecule has 1 aliphatic rings. The molecule has 0 heterocycles. The average molecular weight is 314 g/mol. The summed E-state index contributed by atoms with van der Waals surface area (Å²) in [4.78, 5) is 10.2. The number of halogens is 1. The summed E-state index contributed by atoms with van der Waals surface area (Å²) in [5, 5.41) is 14.7. The molecule has 0 spiro atoms. The van der Waals surface area contributed by atoms with E-state index in [4.69, 9.17) is 4.74 Å². The fourth-order valence-corrected chi connectivity index (χ4v) is 3.37. The Morgan fingerprint density at radius 2 is 2.05 bits per heavy atom. The van der Waals surface area contributed by atoms with Crippen molar-refractivity contribution < 1.29 is 14.1 Å². The predicted molar refractivity (Wildman–Crippen MR) is 82.8 cm³/mol. The van der Waals surface area contributed by atoms with Crippen LogP contribution in [0.25, 0.3) is 0 Å². The van der Waals surface area contributed by atoms with Gasteiger partial charge in [0.2, 0.25) is 0 Å². The maximum Gasteiger partial charge on any atom is 0.313 e. The number of benzene rings is 1. The SMILES string of the molecule is COc1cc(NC2CCC(SC)CC2)c(F)cc1[N+](=O)[O-]. The van der Waals surface area contributed by atoms with Crippen LogP contribution in [0, 0.1) is 15.9 Å². The van der Waals surface area contributed by atoms with Gasteiger partial charge in [-0.05, 0) is 31.9 Å². The molecule has 1 aliphatic carbocycles. The summed E-state index contributed by atoms with van der Waals surface area (Å²) in [6.07, 6.45) is 6.27. The molecule has 0 aliphatic heterocycles. The number of hydrogen-bond donors (Lipinski definition) is 1. The first-order valence-corrected chi connectivity index (χ1v) is 8.15. The Hall–Kier alpha value is -1.50. The molecular weight excluding hydrogens is 295 g/mol. The van der Waals surface area contributed by atoms with E-state index in [9.17, 15) is 14.5 Å². The van der Waals surface area contributed by atoms with Crippen LogP contribution < -0.4 is 10.1 Å². The third kappa shape index (κ3) is 3.78. The molecule has 1 N–H and O–H groups in total. The number of nitrogens with one attached hydrogen (secondary N) is 1. The first kappa shape index (κ1) is 15.9. The van der Waals surface area contributed by atoms with E-state index in [2.05, 4.69) is 11.6 Å². The van der Waals surface area contributed by atoms with Gasteiger partial charge < -0.3 is 10.1 Å². The summed E-state index contributed by atoms with van der Waals surface area (Å²) in [5.41, 5.74) is -0.0864. The number of hydrogen-bond acceptors (Lipinski definition) is 5. The van der Waals surface area contributed by atoms with E-state index in [1.165, 1.54) is 13.2 Å². The molecule has 0 amide bonds. The van der Waals surface area contributed by atoms with Crippen LogP contribution in [-0.4, -0.2) is 29.6 Å². The Bertz CT molecular complexity index is 519. The first-order valence-electron chi connectivity index (χ1n) is 6.86. The molecule has 2 rings (SSSR count). The summed E-state index contributed by atoms with van der Waals surface area (Å²) < 4.78 is 19.0. The van der Waals surface area contributed by atoms with Crippen LogP contribution in [0.3, 0.4) is 0 Å². The molecular formula is C14H19FN2O3S. The van der Waals surface area contributed by atoms with E-state index >= 15 is 0 Å². The molecule has 21 heavy (non-hydrogen) atoms. The Morgan fingerprint density at radius 3 is 2.57 bits per heavy atom. The zero-order valence-corrected chi connectivity index (χ0v) is 12.9. The Balaban J connectivity index is 2.12. The van der Waals surface area contributed by atoms with Gasteiger partial charge in [0.1, 0.15) is 0 Å². The van der Waals surface area contributed by atoms with Gasteiger partial charge in [-0.15, -0.1) is 0 Å². The molecule has 7 heteroatoms. The maximum atomic E-state index is 14.0. The molecule has 0 bridgehead atoms. The topological polar surface area (TPSA) is 64.4 Å². The van der Waals surface area contributed by atoms with E-state index in [-0.39, 0.29) is 23.2 Å². The number of rotatable bonds is 5. The van der Waals surface area contributed by atoms with E-state index < -0.39 is 10.7 Å². The second-order valence-electron chi connectivity index (χ2n) is 5.11. The van der Waals surface area contributed by atoms with Crippen LogP contribution in [0.1, 0.15) is 25.7 Å². The largest absolute Gasteiger partial charge is 0.490 e. The Morgan fingerprint density at radius 1 is 1.38 bits per heavy atom. The average Bonchev–Trinajstić information content (AvgIpc) is 2.49. The molecule has 1 saturated carbocycles. The van der Waals surface area contributed by atoms with E-state index in [0.29, 0.717) is 5.25 Å². The molecule has 0 aromatic heterocycles. The Labute approximate surface area is 127 Å². The van der Waals surface area contributed by atoms with Crippen molar-refractivity contribution in [2.75, 3.05) is 18.7 Å². The summed E-state index contributed by atoms with van der Waals surface area (Å²) in [5.74, 6) is -0.545. The van der Waals surface area contributed by atoms with Crippen molar-refractivity contribution in [2.24, 2.45) is 0 Å².